The third-order valence-electron chi connectivity index (χ3n) is 2.48. The van der Waals surface area contributed by atoms with Crippen molar-refractivity contribution in [1.29, 1.82) is 0 Å². The van der Waals surface area contributed by atoms with Gasteiger partial charge in [-0.3, -0.25) is 4.90 Å². The minimum absolute atomic E-state index is 0.681. The minimum Gasteiger partial charge on any atom is -0.298 e. The summed E-state index contributed by atoms with van der Waals surface area (Å²) in [6.07, 6.45) is 0. The van der Waals surface area contributed by atoms with Gasteiger partial charge in [0.1, 0.15) is 0 Å². The van der Waals surface area contributed by atoms with E-state index < -0.39 is 0 Å². The quantitative estimate of drug-likeness (QED) is 0.716. The molecule has 0 aromatic heterocycles. The third kappa shape index (κ3) is 4.02. The summed E-state index contributed by atoms with van der Waals surface area (Å²) in [5, 5.41) is 0.833. The molecule has 0 aliphatic carbocycles. The number of nitrogens with zero attached hydrogens (tertiary/aromatic N) is 1. The fraction of sp³-hybridized carbons (Fsp3) is 0.500. The molecule has 0 N–H and O–H groups in total. The molecule has 0 bridgehead atoms. The van der Waals surface area contributed by atoms with Crippen molar-refractivity contribution in [2.45, 2.75) is 20.4 Å². The first-order valence-electron chi connectivity index (χ1n) is 5.20. The Bertz CT molecular complexity index is 312. The molecule has 0 aliphatic heterocycles. The summed E-state index contributed by atoms with van der Waals surface area (Å²) < 4.78 is 0. The molecule has 84 valence electrons. The van der Waals surface area contributed by atoms with E-state index in [2.05, 4.69) is 24.0 Å². The molecular formula is C12H17Cl2N. The van der Waals surface area contributed by atoms with Gasteiger partial charge >= 0.3 is 0 Å². The Hall–Kier alpha value is -0.240. The van der Waals surface area contributed by atoms with E-state index in [4.69, 9.17) is 23.2 Å². The van der Waals surface area contributed by atoms with Crippen LogP contribution >= 0.6 is 23.2 Å². The molecule has 0 spiro atoms. The predicted molar refractivity (Wildman–Crippen MR) is 67.9 cm³/mol. The van der Waals surface area contributed by atoms with Gasteiger partial charge in [0, 0.05) is 24.0 Å². The largest absolute Gasteiger partial charge is 0.298 e. The Morgan fingerprint density at radius 1 is 1.33 bits per heavy atom. The summed E-state index contributed by atoms with van der Waals surface area (Å²) in [6.45, 7) is 7.08. The highest BCUT2D eigenvalue weighted by atomic mass is 35.5. The summed E-state index contributed by atoms with van der Waals surface area (Å²) >= 11 is 11.7. The van der Waals surface area contributed by atoms with Gasteiger partial charge in [-0.25, -0.2) is 0 Å². The van der Waals surface area contributed by atoms with Crippen molar-refractivity contribution in [3.05, 3.63) is 34.3 Å². The fourth-order valence-electron chi connectivity index (χ4n) is 1.53. The molecule has 0 radical (unpaired) electrons. The van der Waals surface area contributed by atoms with E-state index in [0.29, 0.717) is 5.88 Å². The molecule has 1 rings (SSSR count). The number of rotatable bonds is 5. The lowest BCUT2D eigenvalue weighted by Crippen LogP contribution is -2.24. The van der Waals surface area contributed by atoms with Crippen LogP contribution in [-0.2, 0) is 6.54 Å². The maximum atomic E-state index is 5.98. The average Bonchev–Trinajstić information content (AvgIpc) is 2.23. The molecule has 0 saturated heterocycles. The molecule has 1 aromatic carbocycles. The Morgan fingerprint density at radius 2 is 2.07 bits per heavy atom. The van der Waals surface area contributed by atoms with Gasteiger partial charge in [-0.15, -0.1) is 11.6 Å². The van der Waals surface area contributed by atoms with Gasteiger partial charge in [-0.05, 0) is 30.7 Å². The topological polar surface area (TPSA) is 3.24 Å². The number of halogens is 2. The molecule has 0 unspecified atom stereocenters. The molecule has 1 nitrogen and oxygen atoms in total. The van der Waals surface area contributed by atoms with Crippen molar-refractivity contribution in [2.75, 3.05) is 19.0 Å². The van der Waals surface area contributed by atoms with Crippen LogP contribution in [0.3, 0.4) is 0 Å². The molecule has 0 heterocycles. The smallest absolute Gasteiger partial charge is 0.0435 e. The molecule has 1 aromatic rings. The van der Waals surface area contributed by atoms with Crippen LogP contribution in [0.4, 0.5) is 0 Å². The lowest BCUT2D eigenvalue weighted by Gasteiger charge is -2.19. The highest BCUT2D eigenvalue weighted by Gasteiger charge is 2.04. The molecule has 0 fully saturated rings. The van der Waals surface area contributed by atoms with Crippen molar-refractivity contribution < 1.29 is 0 Å². The van der Waals surface area contributed by atoms with Gasteiger partial charge in [0.05, 0.1) is 0 Å². The molecule has 15 heavy (non-hydrogen) atoms. The Morgan fingerprint density at radius 3 is 2.60 bits per heavy atom. The number of alkyl halides is 1. The first kappa shape index (κ1) is 12.8. The van der Waals surface area contributed by atoms with Gasteiger partial charge in [-0.2, -0.15) is 0 Å². The zero-order valence-electron chi connectivity index (χ0n) is 9.26. The second-order valence-corrected chi connectivity index (χ2v) is 4.43. The van der Waals surface area contributed by atoms with Crippen LogP contribution in [0, 0.1) is 6.92 Å². The van der Waals surface area contributed by atoms with Crippen LogP contribution in [0.2, 0.25) is 5.02 Å². The lowest BCUT2D eigenvalue weighted by atomic mass is 10.1. The van der Waals surface area contributed by atoms with E-state index in [1.54, 1.807) is 0 Å². The summed E-state index contributed by atoms with van der Waals surface area (Å²) in [4.78, 5) is 2.32. The van der Waals surface area contributed by atoms with Crippen molar-refractivity contribution in [2.24, 2.45) is 0 Å². The van der Waals surface area contributed by atoms with E-state index >= 15 is 0 Å². The molecule has 0 amide bonds. The Balaban J connectivity index is 2.66. The maximum absolute atomic E-state index is 5.98. The van der Waals surface area contributed by atoms with Crippen LogP contribution in [0.1, 0.15) is 18.1 Å². The molecular weight excluding hydrogens is 229 g/mol. The zero-order chi connectivity index (χ0) is 11.3. The summed E-state index contributed by atoms with van der Waals surface area (Å²) in [5.41, 5.74) is 2.43. The standard InChI is InChI=1S/C12H17Cl2N/c1-3-15(7-6-13)9-11-4-5-12(14)10(2)8-11/h4-5,8H,3,6-7,9H2,1-2H3. The minimum atomic E-state index is 0.681. The number of benzene rings is 1. The Labute approximate surface area is 102 Å². The molecule has 0 saturated carbocycles. The summed E-state index contributed by atoms with van der Waals surface area (Å²) in [6, 6.07) is 6.17. The Kier molecular flexibility index (Phi) is 5.44. The number of hydrogen-bond acceptors (Lipinski definition) is 1. The van der Waals surface area contributed by atoms with Crippen LogP contribution < -0.4 is 0 Å². The van der Waals surface area contributed by atoms with Crippen molar-refractivity contribution >= 4 is 23.2 Å². The van der Waals surface area contributed by atoms with E-state index in [1.165, 1.54) is 5.56 Å². The van der Waals surface area contributed by atoms with Gasteiger partial charge in [0.25, 0.3) is 0 Å². The van der Waals surface area contributed by atoms with E-state index in [1.807, 2.05) is 13.0 Å². The second kappa shape index (κ2) is 6.37. The van der Waals surface area contributed by atoms with E-state index in [0.717, 1.165) is 30.2 Å². The average molecular weight is 246 g/mol. The maximum Gasteiger partial charge on any atom is 0.0435 e. The number of aryl methyl sites for hydroxylation is 1. The lowest BCUT2D eigenvalue weighted by molar-refractivity contribution is 0.297. The van der Waals surface area contributed by atoms with Gasteiger partial charge in [0.15, 0.2) is 0 Å². The van der Waals surface area contributed by atoms with E-state index in [9.17, 15) is 0 Å². The first-order valence-corrected chi connectivity index (χ1v) is 6.12. The number of hydrogen-bond donors (Lipinski definition) is 0. The van der Waals surface area contributed by atoms with Crippen LogP contribution in [0.5, 0.6) is 0 Å². The molecule has 0 aliphatic rings. The van der Waals surface area contributed by atoms with Crippen LogP contribution in [-0.4, -0.2) is 23.9 Å². The normalized spacial score (nSPS) is 11.0. The van der Waals surface area contributed by atoms with Crippen LogP contribution in [0.25, 0.3) is 0 Å². The summed E-state index contributed by atoms with van der Waals surface area (Å²) in [5.74, 6) is 0.681. The fourth-order valence-corrected chi connectivity index (χ4v) is 1.89. The van der Waals surface area contributed by atoms with Gasteiger partial charge in [0.2, 0.25) is 0 Å². The van der Waals surface area contributed by atoms with E-state index in [-0.39, 0.29) is 0 Å². The monoisotopic (exact) mass is 245 g/mol. The molecule has 3 heteroatoms. The van der Waals surface area contributed by atoms with Crippen molar-refractivity contribution in [3.8, 4) is 0 Å². The highest BCUT2D eigenvalue weighted by molar-refractivity contribution is 6.31. The van der Waals surface area contributed by atoms with Gasteiger partial charge in [-0.1, -0.05) is 30.7 Å². The van der Waals surface area contributed by atoms with Gasteiger partial charge < -0.3 is 0 Å². The van der Waals surface area contributed by atoms with Crippen molar-refractivity contribution in [1.82, 2.24) is 4.90 Å². The molecule has 0 atom stereocenters. The first-order chi connectivity index (χ1) is 7.17. The summed E-state index contributed by atoms with van der Waals surface area (Å²) in [7, 11) is 0. The van der Waals surface area contributed by atoms with Crippen LogP contribution in [0.15, 0.2) is 18.2 Å². The SMILES string of the molecule is CCN(CCCl)Cc1ccc(Cl)c(C)c1. The predicted octanol–water partition coefficient (Wildman–Crippen LogP) is 3.71. The second-order valence-electron chi connectivity index (χ2n) is 3.64. The zero-order valence-corrected chi connectivity index (χ0v) is 10.8. The van der Waals surface area contributed by atoms with Crippen molar-refractivity contribution in [3.63, 3.8) is 0 Å². The highest BCUT2D eigenvalue weighted by Crippen LogP contribution is 2.17. The third-order valence-corrected chi connectivity index (χ3v) is 3.07.